The van der Waals surface area contributed by atoms with E-state index in [-0.39, 0.29) is 0 Å². The summed E-state index contributed by atoms with van der Waals surface area (Å²) in [7, 11) is 0. The molecule has 6 heteroatoms. The molecule has 0 amide bonds. The number of hydrogen-bond donors (Lipinski definition) is 2. The highest BCUT2D eigenvalue weighted by Gasteiger charge is 2.18. The van der Waals surface area contributed by atoms with Crippen molar-refractivity contribution in [1.82, 2.24) is 30.5 Å². The molecular formula is C9H12N6. The molecule has 0 bridgehead atoms. The lowest BCUT2D eigenvalue weighted by molar-refractivity contribution is 0.448. The van der Waals surface area contributed by atoms with Crippen LogP contribution >= 0.6 is 0 Å². The molecule has 0 aromatic carbocycles. The Hall–Kier alpha value is -1.69. The molecule has 0 saturated heterocycles. The monoisotopic (exact) mass is 204 g/mol. The molecule has 15 heavy (non-hydrogen) atoms. The van der Waals surface area contributed by atoms with E-state index in [1.165, 1.54) is 5.69 Å². The number of H-pyrrole nitrogens is 1. The van der Waals surface area contributed by atoms with E-state index in [2.05, 4.69) is 49.7 Å². The second kappa shape index (κ2) is 3.16. The van der Waals surface area contributed by atoms with Crippen LogP contribution in [0.15, 0.2) is 12.3 Å². The van der Waals surface area contributed by atoms with Gasteiger partial charge in [0, 0.05) is 36.6 Å². The van der Waals surface area contributed by atoms with Crippen LogP contribution in [-0.4, -0.2) is 31.7 Å². The van der Waals surface area contributed by atoms with Crippen LogP contribution in [0.4, 0.5) is 0 Å². The van der Waals surface area contributed by atoms with Gasteiger partial charge < -0.3 is 9.88 Å². The summed E-state index contributed by atoms with van der Waals surface area (Å²) in [6, 6.07) is 2.50. The highest BCUT2D eigenvalue weighted by Crippen LogP contribution is 2.24. The predicted octanol–water partition coefficient (Wildman–Crippen LogP) is 0.332. The summed E-state index contributed by atoms with van der Waals surface area (Å²) < 4.78 is 2.24. The number of fused-ring (bicyclic) bond motifs is 1. The van der Waals surface area contributed by atoms with Crippen molar-refractivity contribution in [3.8, 4) is 11.4 Å². The van der Waals surface area contributed by atoms with Gasteiger partial charge in [-0.25, -0.2) is 0 Å². The molecule has 2 N–H and O–H groups in total. The van der Waals surface area contributed by atoms with Gasteiger partial charge in [-0.3, -0.25) is 0 Å². The van der Waals surface area contributed by atoms with Crippen LogP contribution in [0.3, 0.4) is 0 Å². The van der Waals surface area contributed by atoms with E-state index in [1.54, 1.807) is 0 Å². The van der Waals surface area contributed by atoms with Crippen molar-refractivity contribution in [3.05, 3.63) is 18.0 Å². The van der Waals surface area contributed by atoms with Gasteiger partial charge in [0.25, 0.3) is 0 Å². The molecule has 0 aliphatic carbocycles. The van der Waals surface area contributed by atoms with E-state index in [0.29, 0.717) is 11.9 Å². The molecule has 1 aliphatic rings. The molecule has 1 unspecified atom stereocenters. The lowest BCUT2D eigenvalue weighted by Gasteiger charge is -2.22. The van der Waals surface area contributed by atoms with Gasteiger partial charge in [0.2, 0.25) is 5.82 Å². The Balaban J connectivity index is 2.06. The molecule has 6 nitrogen and oxygen atoms in total. The molecule has 78 valence electrons. The molecule has 1 aliphatic heterocycles. The fraction of sp³-hybridized carbons (Fsp3) is 0.444. The van der Waals surface area contributed by atoms with Gasteiger partial charge in [0.1, 0.15) is 0 Å². The third kappa shape index (κ3) is 1.33. The number of hydrogen-bond acceptors (Lipinski definition) is 4. The smallest absolute Gasteiger partial charge is 0.206 e. The molecule has 0 radical (unpaired) electrons. The Morgan fingerprint density at radius 1 is 1.53 bits per heavy atom. The van der Waals surface area contributed by atoms with Crippen LogP contribution in [0.2, 0.25) is 0 Å². The summed E-state index contributed by atoms with van der Waals surface area (Å²) in [5, 5.41) is 17.4. The zero-order valence-corrected chi connectivity index (χ0v) is 8.44. The summed E-state index contributed by atoms with van der Waals surface area (Å²) in [6.45, 7) is 4.16. The zero-order valence-electron chi connectivity index (χ0n) is 8.44. The molecule has 2 aromatic heterocycles. The lowest BCUT2D eigenvalue weighted by Crippen LogP contribution is -2.30. The Morgan fingerprint density at radius 3 is 3.20 bits per heavy atom. The summed E-state index contributed by atoms with van der Waals surface area (Å²) in [6.07, 6.45) is 2.08. The number of rotatable bonds is 1. The number of nitrogens with one attached hydrogen (secondary N) is 2. The minimum Gasteiger partial charge on any atom is -0.348 e. The topological polar surface area (TPSA) is 71.4 Å². The van der Waals surface area contributed by atoms with E-state index < -0.39 is 0 Å². The van der Waals surface area contributed by atoms with Gasteiger partial charge in [-0.2, -0.15) is 5.21 Å². The van der Waals surface area contributed by atoms with E-state index in [9.17, 15) is 0 Å². The lowest BCUT2D eigenvalue weighted by atomic mass is 10.2. The first-order valence-corrected chi connectivity index (χ1v) is 5.02. The predicted molar refractivity (Wildman–Crippen MR) is 54.0 cm³/mol. The summed E-state index contributed by atoms with van der Waals surface area (Å²) in [5.41, 5.74) is 2.30. The molecule has 0 fully saturated rings. The molecule has 3 heterocycles. The van der Waals surface area contributed by atoms with Gasteiger partial charge in [-0.05, 0) is 18.2 Å². The highest BCUT2D eigenvalue weighted by atomic mass is 15.5. The first-order valence-electron chi connectivity index (χ1n) is 5.02. The Morgan fingerprint density at radius 2 is 2.47 bits per heavy atom. The van der Waals surface area contributed by atoms with Crippen molar-refractivity contribution >= 4 is 0 Å². The van der Waals surface area contributed by atoms with E-state index in [4.69, 9.17) is 0 Å². The largest absolute Gasteiger partial charge is 0.348 e. The fourth-order valence-corrected chi connectivity index (χ4v) is 2.00. The normalized spacial score (nSPS) is 20.2. The van der Waals surface area contributed by atoms with Gasteiger partial charge in [0.15, 0.2) is 0 Å². The Kier molecular flexibility index (Phi) is 1.81. The zero-order chi connectivity index (χ0) is 10.3. The number of aromatic amines is 1. The molecule has 3 rings (SSSR count). The molecule has 0 spiro atoms. The number of tetrazole rings is 1. The van der Waals surface area contributed by atoms with Crippen LogP contribution in [-0.2, 0) is 6.54 Å². The minimum atomic E-state index is 0.388. The molecule has 0 saturated carbocycles. The third-order valence-corrected chi connectivity index (χ3v) is 2.78. The Bertz CT molecular complexity index is 457. The standard InChI is InChI=1S/C9H12N6/c1-6-8-4-7(9-11-13-14-12-9)5-15(8)3-2-10-6/h4-6,10H,2-3H2,1H3,(H,11,12,13,14). The quantitative estimate of drug-likeness (QED) is 0.702. The SMILES string of the molecule is CC1NCCn2cc(-c3nn[nH]n3)cc21. The first kappa shape index (κ1) is 8.60. The van der Waals surface area contributed by atoms with Crippen LogP contribution in [0, 0.1) is 0 Å². The van der Waals surface area contributed by atoms with Crippen molar-refractivity contribution in [3.63, 3.8) is 0 Å². The van der Waals surface area contributed by atoms with Crippen LogP contribution in [0.25, 0.3) is 11.4 Å². The van der Waals surface area contributed by atoms with Gasteiger partial charge >= 0.3 is 0 Å². The second-order valence-corrected chi connectivity index (χ2v) is 3.76. The maximum absolute atomic E-state index is 3.97. The van der Waals surface area contributed by atoms with Crippen molar-refractivity contribution in [2.75, 3.05) is 6.54 Å². The van der Waals surface area contributed by atoms with Gasteiger partial charge in [-0.15, -0.1) is 10.2 Å². The average Bonchev–Trinajstić information content (AvgIpc) is 2.86. The summed E-state index contributed by atoms with van der Waals surface area (Å²) in [5.74, 6) is 0.657. The Labute approximate surface area is 86.7 Å². The number of aromatic nitrogens is 5. The van der Waals surface area contributed by atoms with Crippen LogP contribution in [0.5, 0.6) is 0 Å². The molecule has 2 aromatic rings. The fourth-order valence-electron chi connectivity index (χ4n) is 2.00. The highest BCUT2D eigenvalue weighted by molar-refractivity contribution is 5.54. The summed E-state index contributed by atoms with van der Waals surface area (Å²) >= 11 is 0. The van der Waals surface area contributed by atoms with Crippen LogP contribution < -0.4 is 5.32 Å². The third-order valence-electron chi connectivity index (χ3n) is 2.78. The molecule has 1 atom stereocenters. The van der Waals surface area contributed by atoms with Gasteiger partial charge in [0.05, 0.1) is 0 Å². The second-order valence-electron chi connectivity index (χ2n) is 3.76. The minimum absolute atomic E-state index is 0.388. The average molecular weight is 204 g/mol. The number of nitrogens with zero attached hydrogens (tertiary/aromatic N) is 4. The van der Waals surface area contributed by atoms with Crippen LogP contribution in [0.1, 0.15) is 18.7 Å². The van der Waals surface area contributed by atoms with Crippen molar-refractivity contribution in [1.29, 1.82) is 0 Å². The van der Waals surface area contributed by atoms with Gasteiger partial charge in [-0.1, -0.05) is 0 Å². The van der Waals surface area contributed by atoms with E-state index in [0.717, 1.165) is 18.7 Å². The van der Waals surface area contributed by atoms with Crippen molar-refractivity contribution < 1.29 is 0 Å². The van der Waals surface area contributed by atoms with E-state index in [1.807, 2.05) is 0 Å². The van der Waals surface area contributed by atoms with E-state index >= 15 is 0 Å². The van der Waals surface area contributed by atoms with Crippen molar-refractivity contribution in [2.45, 2.75) is 19.5 Å². The molecular weight excluding hydrogens is 192 g/mol. The summed E-state index contributed by atoms with van der Waals surface area (Å²) in [4.78, 5) is 0. The van der Waals surface area contributed by atoms with Crippen molar-refractivity contribution in [2.24, 2.45) is 0 Å². The maximum Gasteiger partial charge on any atom is 0.206 e. The maximum atomic E-state index is 3.97. The first-order chi connectivity index (χ1) is 7.34.